The molecular weight excluding hydrogens is 286 g/mol. The van der Waals surface area contributed by atoms with Gasteiger partial charge in [0.15, 0.2) is 0 Å². The smallest absolute Gasteiger partial charge is 0.279 e. The molecule has 0 radical (unpaired) electrons. The first-order chi connectivity index (χ1) is 8.82. The molecule has 2 amide bonds. The molecule has 1 heterocycles. The lowest BCUT2D eigenvalue weighted by atomic mass is 9.94. The molecule has 0 aliphatic carbocycles. The minimum Gasteiger partial charge on any atom is -0.295 e. The number of carbonyl (C=O) groups excluding carboxylic acids is 2. The quantitative estimate of drug-likeness (QED) is 0.384. The van der Waals surface area contributed by atoms with Crippen LogP contribution in [0.4, 0.5) is 14.5 Å². The van der Waals surface area contributed by atoms with Gasteiger partial charge in [-0.1, -0.05) is 0 Å². The Hall–Kier alpha value is -2.09. The van der Waals surface area contributed by atoms with Crippen LogP contribution < -0.4 is 5.32 Å². The highest BCUT2D eigenvalue weighted by Gasteiger charge is 2.46. The van der Waals surface area contributed by atoms with Crippen LogP contribution in [0.5, 0.6) is 0 Å². The summed E-state index contributed by atoms with van der Waals surface area (Å²) in [6, 6.07) is 0.861. The van der Waals surface area contributed by atoms with Crippen LogP contribution in [0.1, 0.15) is 11.5 Å². The van der Waals surface area contributed by atoms with E-state index in [4.69, 9.17) is 11.6 Å². The zero-order valence-corrected chi connectivity index (χ0v) is 9.78. The van der Waals surface area contributed by atoms with Crippen molar-refractivity contribution in [1.29, 1.82) is 0 Å². The number of benzene rings is 1. The lowest BCUT2D eigenvalue weighted by Gasteiger charge is -2.11. The highest BCUT2D eigenvalue weighted by molar-refractivity contribution is 6.37. The number of rotatable bonds is 2. The minimum absolute atomic E-state index is 0.391. The molecule has 0 saturated carbocycles. The molecule has 100 valence electrons. The molecule has 0 aromatic heterocycles. The Labute approximate surface area is 109 Å². The van der Waals surface area contributed by atoms with Gasteiger partial charge in [0, 0.05) is 6.07 Å². The second kappa shape index (κ2) is 4.54. The number of carbonyl (C=O) groups is 2. The summed E-state index contributed by atoms with van der Waals surface area (Å²) in [5.41, 5.74) is -1.63. The first-order valence-corrected chi connectivity index (χ1v) is 5.38. The lowest BCUT2D eigenvalue weighted by Crippen LogP contribution is -2.22. The van der Waals surface area contributed by atoms with Crippen LogP contribution in [-0.4, -0.2) is 22.1 Å². The normalized spacial score (nSPS) is 22.5. The average molecular weight is 291 g/mol. The molecule has 1 aliphatic rings. The van der Waals surface area contributed by atoms with Crippen molar-refractivity contribution in [2.45, 2.75) is 11.3 Å². The van der Waals surface area contributed by atoms with E-state index in [9.17, 15) is 28.5 Å². The standard InChI is InChI=1S/C10H5ClF2N2O4/c11-8-7(9(16)14-10(8)17)6-4(13)1-3(12)2-5(6)15(18)19/h1-2,7-8H,(H,14,16,17). The summed E-state index contributed by atoms with van der Waals surface area (Å²) in [7, 11) is 0. The predicted octanol–water partition coefficient (Wildman–Crippen LogP) is 1.22. The Morgan fingerprint density at radius 2 is 1.89 bits per heavy atom. The molecule has 2 atom stereocenters. The van der Waals surface area contributed by atoms with E-state index in [0.29, 0.717) is 12.1 Å². The molecule has 0 spiro atoms. The van der Waals surface area contributed by atoms with Crippen LogP contribution in [0.25, 0.3) is 0 Å². The van der Waals surface area contributed by atoms with Gasteiger partial charge in [0.1, 0.15) is 17.0 Å². The molecule has 2 rings (SSSR count). The van der Waals surface area contributed by atoms with Crippen LogP contribution in [0.15, 0.2) is 12.1 Å². The fraction of sp³-hybridized carbons (Fsp3) is 0.200. The monoisotopic (exact) mass is 290 g/mol. The number of hydrogen-bond acceptors (Lipinski definition) is 4. The molecule has 6 nitrogen and oxygen atoms in total. The SMILES string of the molecule is O=C1NC(=O)C(c2c(F)cc(F)cc2[N+](=O)[O-])C1Cl. The van der Waals surface area contributed by atoms with E-state index in [0.717, 1.165) is 0 Å². The van der Waals surface area contributed by atoms with Crippen molar-refractivity contribution in [3.8, 4) is 0 Å². The summed E-state index contributed by atoms with van der Waals surface area (Å²) in [5, 5.41) is 11.1. The van der Waals surface area contributed by atoms with Gasteiger partial charge in [-0.3, -0.25) is 25.0 Å². The maximum atomic E-state index is 13.7. The highest BCUT2D eigenvalue weighted by atomic mass is 35.5. The summed E-state index contributed by atoms with van der Waals surface area (Å²) in [6.45, 7) is 0. The number of nitro benzene ring substituents is 1. The first kappa shape index (κ1) is 13.3. The van der Waals surface area contributed by atoms with Gasteiger partial charge in [-0.05, 0) is 0 Å². The molecule has 9 heteroatoms. The first-order valence-electron chi connectivity index (χ1n) is 4.95. The van der Waals surface area contributed by atoms with Gasteiger partial charge < -0.3 is 0 Å². The van der Waals surface area contributed by atoms with E-state index in [1.165, 1.54) is 0 Å². The summed E-state index contributed by atoms with van der Waals surface area (Å²) in [6.07, 6.45) is 0. The van der Waals surface area contributed by atoms with Gasteiger partial charge >= 0.3 is 0 Å². The van der Waals surface area contributed by atoms with Crippen molar-refractivity contribution in [2.24, 2.45) is 0 Å². The fourth-order valence-electron chi connectivity index (χ4n) is 1.86. The third-order valence-electron chi connectivity index (χ3n) is 2.65. The Kier molecular flexibility index (Phi) is 3.19. The molecule has 1 aliphatic heterocycles. The van der Waals surface area contributed by atoms with Crippen LogP contribution in [-0.2, 0) is 9.59 Å². The molecule has 0 bridgehead atoms. The van der Waals surface area contributed by atoms with E-state index in [2.05, 4.69) is 0 Å². The average Bonchev–Trinajstić information content (AvgIpc) is 2.53. The van der Waals surface area contributed by atoms with Gasteiger partial charge in [0.2, 0.25) is 11.8 Å². The number of nitrogens with zero attached hydrogens (tertiary/aromatic N) is 1. The lowest BCUT2D eigenvalue weighted by molar-refractivity contribution is -0.386. The second-order valence-corrected chi connectivity index (χ2v) is 4.28. The number of nitrogens with one attached hydrogen (secondary N) is 1. The molecule has 2 unspecified atom stereocenters. The van der Waals surface area contributed by atoms with E-state index in [1.807, 2.05) is 5.32 Å². The third kappa shape index (κ3) is 2.14. The van der Waals surface area contributed by atoms with Gasteiger partial charge in [-0.25, -0.2) is 8.78 Å². The van der Waals surface area contributed by atoms with Crippen molar-refractivity contribution >= 4 is 29.1 Å². The Morgan fingerprint density at radius 3 is 2.37 bits per heavy atom. The van der Waals surface area contributed by atoms with Gasteiger partial charge in [-0.15, -0.1) is 11.6 Å². The molecule has 1 saturated heterocycles. The van der Waals surface area contributed by atoms with Crippen LogP contribution in [0.2, 0.25) is 0 Å². The zero-order valence-electron chi connectivity index (χ0n) is 9.02. The van der Waals surface area contributed by atoms with E-state index >= 15 is 0 Å². The molecule has 1 N–H and O–H groups in total. The summed E-state index contributed by atoms with van der Waals surface area (Å²) in [4.78, 5) is 32.5. The number of imide groups is 1. The molecule has 1 aromatic carbocycles. The van der Waals surface area contributed by atoms with Crippen molar-refractivity contribution in [1.82, 2.24) is 5.32 Å². The Bertz CT molecular complexity index is 607. The minimum atomic E-state index is -1.56. The van der Waals surface area contributed by atoms with E-state index in [-0.39, 0.29) is 0 Å². The number of halogens is 3. The topological polar surface area (TPSA) is 89.3 Å². The molecule has 1 aromatic rings. The predicted molar refractivity (Wildman–Crippen MR) is 58.5 cm³/mol. The van der Waals surface area contributed by atoms with Gasteiger partial charge in [0.25, 0.3) is 5.69 Å². The maximum absolute atomic E-state index is 13.7. The van der Waals surface area contributed by atoms with Crippen LogP contribution in [0, 0.1) is 21.7 Å². The summed E-state index contributed by atoms with van der Waals surface area (Å²) < 4.78 is 26.7. The van der Waals surface area contributed by atoms with E-state index in [1.54, 1.807) is 0 Å². The fourth-order valence-corrected chi connectivity index (χ4v) is 2.15. The van der Waals surface area contributed by atoms with Gasteiger partial charge in [0.05, 0.1) is 22.5 Å². The Balaban J connectivity index is 2.65. The van der Waals surface area contributed by atoms with Crippen molar-refractivity contribution in [3.05, 3.63) is 39.4 Å². The maximum Gasteiger partial charge on any atom is 0.279 e. The second-order valence-electron chi connectivity index (χ2n) is 3.81. The van der Waals surface area contributed by atoms with Crippen LogP contribution >= 0.6 is 11.6 Å². The number of nitro groups is 1. The third-order valence-corrected chi connectivity index (χ3v) is 3.10. The zero-order chi connectivity index (χ0) is 14.3. The van der Waals surface area contributed by atoms with Crippen molar-refractivity contribution < 1.29 is 23.3 Å². The summed E-state index contributed by atoms with van der Waals surface area (Å²) >= 11 is 5.63. The number of hydrogen-bond donors (Lipinski definition) is 1. The molecule has 19 heavy (non-hydrogen) atoms. The van der Waals surface area contributed by atoms with Crippen molar-refractivity contribution in [3.63, 3.8) is 0 Å². The van der Waals surface area contributed by atoms with E-state index < -0.39 is 50.9 Å². The summed E-state index contributed by atoms with van der Waals surface area (Å²) in [5.74, 6) is -5.86. The van der Waals surface area contributed by atoms with Crippen molar-refractivity contribution in [2.75, 3.05) is 0 Å². The van der Waals surface area contributed by atoms with Crippen LogP contribution in [0.3, 0.4) is 0 Å². The highest BCUT2D eigenvalue weighted by Crippen LogP contribution is 2.36. The largest absolute Gasteiger partial charge is 0.295 e. The molecule has 1 fully saturated rings. The number of amides is 2. The molecular formula is C10H5ClF2N2O4. The Morgan fingerprint density at radius 1 is 1.26 bits per heavy atom. The number of alkyl halides is 1. The van der Waals surface area contributed by atoms with Gasteiger partial charge in [-0.2, -0.15) is 0 Å².